The number of sulfonamides is 1. The van der Waals surface area contributed by atoms with Gasteiger partial charge in [0, 0.05) is 23.7 Å². The zero-order valence-corrected chi connectivity index (χ0v) is 14.2. The molecular weight excluding hydrogens is 364 g/mol. The van der Waals surface area contributed by atoms with Gasteiger partial charge in [-0.1, -0.05) is 12.1 Å². The van der Waals surface area contributed by atoms with Gasteiger partial charge < -0.3 is 4.90 Å². The minimum absolute atomic E-state index is 0.0822. The van der Waals surface area contributed by atoms with Crippen LogP contribution in [-0.2, 0) is 21.2 Å². The second-order valence-electron chi connectivity index (χ2n) is 5.95. The Bertz CT molecular complexity index is 1070. The van der Waals surface area contributed by atoms with Gasteiger partial charge in [-0.15, -0.1) is 0 Å². The van der Waals surface area contributed by atoms with Crippen LogP contribution in [0.3, 0.4) is 0 Å². The first-order valence-corrected chi connectivity index (χ1v) is 9.30. The summed E-state index contributed by atoms with van der Waals surface area (Å²) in [6, 6.07) is 8.20. The van der Waals surface area contributed by atoms with Crippen LogP contribution in [0, 0.1) is 11.6 Å². The first-order chi connectivity index (χ1) is 12.4. The molecule has 9 heteroatoms. The van der Waals surface area contributed by atoms with E-state index in [2.05, 4.69) is 9.71 Å². The molecule has 0 atom stereocenters. The van der Waals surface area contributed by atoms with E-state index < -0.39 is 27.6 Å². The standard InChI is InChI=1S/C17H13F2N3O3S/c18-10-7-13(19)11-5-6-22(14(11)8-10)16(23)9-20-17-12-3-1-2-4-15(12)26(24,25)21-17/h1-4,7-8H,5-6,9H2,(H,20,21). The molecule has 2 aromatic rings. The highest BCUT2D eigenvalue weighted by Gasteiger charge is 2.31. The largest absolute Gasteiger partial charge is 0.310 e. The number of carbonyl (C=O) groups excluding carboxylic acids is 1. The molecule has 6 nitrogen and oxygen atoms in total. The Kier molecular flexibility index (Phi) is 3.76. The number of nitrogens with one attached hydrogen (secondary N) is 1. The van der Waals surface area contributed by atoms with E-state index in [0.717, 1.165) is 12.1 Å². The molecule has 4 rings (SSSR count). The monoisotopic (exact) mass is 377 g/mol. The summed E-state index contributed by atoms with van der Waals surface area (Å²) in [6.45, 7) is -0.120. The van der Waals surface area contributed by atoms with Crippen molar-refractivity contribution in [3.05, 3.63) is 59.2 Å². The number of nitrogens with zero attached hydrogens (tertiary/aromatic N) is 2. The van der Waals surface area contributed by atoms with Gasteiger partial charge in [0.2, 0.25) is 5.91 Å². The van der Waals surface area contributed by atoms with Crippen LogP contribution in [0.5, 0.6) is 0 Å². The van der Waals surface area contributed by atoms with Crippen LogP contribution in [0.4, 0.5) is 14.5 Å². The second kappa shape index (κ2) is 5.87. The van der Waals surface area contributed by atoms with Crippen molar-refractivity contribution in [3.63, 3.8) is 0 Å². The van der Waals surface area contributed by atoms with E-state index in [4.69, 9.17) is 0 Å². The molecule has 2 heterocycles. The molecule has 0 spiro atoms. The van der Waals surface area contributed by atoms with Crippen LogP contribution in [0.15, 0.2) is 46.3 Å². The van der Waals surface area contributed by atoms with Crippen molar-refractivity contribution in [1.29, 1.82) is 0 Å². The number of fused-ring (bicyclic) bond motifs is 2. The average molecular weight is 377 g/mol. The van der Waals surface area contributed by atoms with Gasteiger partial charge >= 0.3 is 0 Å². The normalized spacial score (nSPS) is 18.5. The Morgan fingerprint density at radius 1 is 1.23 bits per heavy atom. The summed E-state index contributed by atoms with van der Waals surface area (Å²) < 4.78 is 53.6. The molecule has 2 aromatic carbocycles. The summed E-state index contributed by atoms with van der Waals surface area (Å²) in [7, 11) is -3.69. The molecule has 2 aliphatic rings. The van der Waals surface area contributed by atoms with Crippen LogP contribution < -0.4 is 9.62 Å². The zero-order valence-electron chi connectivity index (χ0n) is 13.4. The fourth-order valence-electron chi connectivity index (χ4n) is 3.16. The smallest absolute Gasteiger partial charge is 0.263 e. The molecule has 0 saturated carbocycles. The summed E-state index contributed by atoms with van der Waals surface area (Å²) >= 11 is 0. The van der Waals surface area contributed by atoms with E-state index in [9.17, 15) is 22.0 Å². The van der Waals surface area contributed by atoms with E-state index >= 15 is 0 Å². The quantitative estimate of drug-likeness (QED) is 0.863. The molecule has 0 aromatic heterocycles. The van der Waals surface area contributed by atoms with Crippen molar-refractivity contribution in [1.82, 2.24) is 4.72 Å². The Morgan fingerprint density at radius 2 is 2.00 bits per heavy atom. The lowest BCUT2D eigenvalue weighted by molar-refractivity contribution is -0.117. The van der Waals surface area contributed by atoms with Gasteiger partial charge in [-0.3, -0.25) is 14.5 Å². The van der Waals surface area contributed by atoms with Gasteiger partial charge in [0.25, 0.3) is 10.0 Å². The third-order valence-electron chi connectivity index (χ3n) is 4.35. The number of hydrogen-bond donors (Lipinski definition) is 1. The van der Waals surface area contributed by atoms with Crippen molar-refractivity contribution >= 4 is 27.5 Å². The number of anilines is 1. The summed E-state index contributed by atoms with van der Waals surface area (Å²) in [5.74, 6) is -1.83. The summed E-state index contributed by atoms with van der Waals surface area (Å²) in [6.07, 6.45) is 0.291. The summed E-state index contributed by atoms with van der Waals surface area (Å²) in [5, 5.41) is 0. The number of benzene rings is 2. The van der Waals surface area contributed by atoms with E-state index in [1.807, 2.05) is 0 Å². The van der Waals surface area contributed by atoms with Crippen molar-refractivity contribution in [2.75, 3.05) is 18.0 Å². The summed E-state index contributed by atoms with van der Waals surface area (Å²) in [4.78, 5) is 17.9. The van der Waals surface area contributed by atoms with E-state index in [1.165, 1.54) is 11.0 Å². The number of rotatable bonds is 2. The third kappa shape index (κ3) is 2.64. The van der Waals surface area contributed by atoms with Crippen LogP contribution >= 0.6 is 0 Å². The van der Waals surface area contributed by atoms with E-state index in [-0.39, 0.29) is 29.5 Å². The number of halogens is 2. The Labute approximate surface area is 148 Å². The van der Waals surface area contributed by atoms with Crippen LogP contribution in [0.25, 0.3) is 0 Å². The predicted molar refractivity (Wildman–Crippen MR) is 90.6 cm³/mol. The average Bonchev–Trinajstić information content (AvgIpc) is 3.12. The molecule has 1 N–H and O–H groups in total. The van der Waals surface area contributed by atoms with Gasteiger partial charge in [0.05, 0.1) is 10.6 Å². The number of amidine groups is 1. The maximum absolute atomic E-state index is 13.8. The highest BCUT2D eigenvalue weighted by molar-refractivity contribution is 7.90. The highest BCUT2D eigenvalue weighted by Crippen LogP contribution is 2.31. The number of aliphatic imine (C=N–C) groups is 1. The van der Waals surface area contributed by atoms with Gasteiger partial charge in [-0.2, -0.15) is 0 Å². The topological polar surface area (TPSA) is 78.8 Å². The number of carbonyl (C=O) groups is 1. The molecule has 0 bridgehead atoms. The van der Waals surface area contributed by atoms with Gasteiger partial charge in [-0.05, 0) is 24.6 Å². The number of amides is 1. The molecule has 0 radical (unpaired) electrons. The minimum Gasteiger partial charge on any atom is -0.310 e. The molecule has 0 aliphatic carbocycles. The van der Waals surface area contributed by atoms with E-state index in [1.54, 1.807) is 18.2 Å². The van der Waals surface area contributed by atoms with Crippen LogP contribution in [0.1, 0.15) is 11.1 Å². The fourth-order valence-corrected chi connectivity index (χ4v) is 4.42. The molecule has 134 valence electrons. The predicted octanol–water partition coefficient (Wildman–Crippen LogP) is 1.59. The van der Waals surface area contributed by atoms with Crippen LogP contribution in [-0.4, -0.2) is 33.3 Å². The minimum atomic E-state index is -3.69. The zero-order chi connectivity index (χ0) is 18.5. The molecule has 1 amide bonds. The summed E-state index contributed by atoms with van der Waals surface area (Å²) in [5.41, 5.74) is 0.874. The number of hydrogen-bond acceptors (Lipinski definition) is 4. The Balaban J connectivity index is 1.60. The second-order valence-corrected chi connectivity index (χ2v) is 7.60. The van der Waals surface area contributed by atoms with Crippen molar-refractivity contribution in [3.8, 4) is 0 Å². The lowest BCUT2D eigenvalue weighted by Crippen LogP contribution is -2.32. The first-order valence-electron chi connectivity index (χ1n) is 7.82. The molecule has 0 fully saturated rings. The lowest BCUT2D eigenvalue weighted by atomic mass is 10.1. The van der Waals surface area contributed by atoms with Gasteiger partial charge in [0.1, 0.15) is 24.0 Å². The van der Waals surface area contributed by atoms with Gasteiger partial charge in [0.15, 0.2) is 0 Å². The van der Waals surface area contributed by atoms with Crippen molar-refractivity contribution in [2.24, 2.45) is 4.99 Å². The van der Waals surface area contributed by atoms with Crippen LogP contribution in [0.2, 0.25) is 0 Å². The van der Waals surface area contributed by atoms with Crippen molar-refractivity contribution in [2.45, 2.75) is 11.3 Å². The third-order valence-corrected chi connectivity index (χ3v) is 5.75. The maximum atomic E-state index is 13.8. The molecule has 0 unspecified atom stereocenters. The lowest BCUT2D eigenvalue weighted by Gasteiger charge is -2.16. The van der Waals surface area contributed by atoms with Crippen molar-refractivity contribution < 1.29 is 22.0 Å². The Morgan fingerprint density at radius 3 is 2.81 bits per heavy atom. The first kappa shape index (κ1) is 16.6. The van der Waals surface area contributed by atoms with E-state index in [0.29, 0.717) is 17.5 Å². The fraction of sp³-hybridized carbons (Fsp3) is 0.176. The highest BCUT2D eigenvalue weighted by atomic mass is 32.2. The van der Waals surface area contributed by atoms with Gasteiger partial charge in [-0.25, -0.2) is 17.2 Å². The molecule has 2 aliphatic heterocycles. The Hall–Kier alpha value is -2.81. The molecule has 26 heavy (non-hydrogen) atoms. The SMILES string of the molecule is O=C(CN=C1NS(=O)(=O)c2ccccc21)N1CCc2c(F)cc(F)cc21. The molecular formula is C17H13F2N3O3S. The molecule has 0 saturated heterocycles. The maximum Gasteiger partial charge on any atom is 0.263 e.